The van der Waals surface area contributed by atoms with Crippen molar-refractivity contribution in [3.8, 4) is 17.2 Å². The number of hydrogen-bond acceptors (Lipinski definition) is 4. The van der Waals surface area contributed by atoms with Crippen LogP contribution >= 0.6 is 0 Å². The van der Waals surface area contributed by atoms with Crippen LogP contribution in [0.25, 0.3) is 11.5 Å². The Morgan fingerprint density at radius 2 is 1.50 bits per heavy atom. The highest BCUT2D eigenvalue weighted by Crippen LogP contribution is 2.22. The van der Waals surface area contributed by atoms with Gasteiger partial charge in [0.2, 0.25) is 11.8 Å². The molecular formula is C26H33N2O2. The first kappa shape index (κ1) is 22.1. The molecule has 2 aromatic carbocycles. The van der Waals surface area contributed by atoms with Crippen molar-refractivity contribution in [1.82, 2.24) is 10.2 Å². The van der Waals surface area contributed by atoms with E-state index in [1.807, 2.05) is 24.3 Å². The maximum atomic E-state index is 5.84. The van der Waals surface area contributed by atoms with E-state index in [4.69, 9.17) is 9.15 Å². The van der Waals surface area contributed by atoms with Crippen LogP contribution in [0.1, 0.15) is 63.8 Å². The maximum Gasteiger partial charge on any atom is 0.247 e. The predicted octanol–water partition coefficient (Wildman–Crippen LogP) is 6.86. The topological polar surface area (TPSA) is 48.2 Å². The molecule has 0 saturated carbocycles. The van der Waals surface area contributed by atoms with Gasteiger partial charge in [0.05, 0.1) is 6.61 Å². The van der Waals surface area contributed by atoms with Crippen molar-refractivity contribution in [3.05, 3.63) is 72.0 Å². The summed E-state index contributed by atoms with van der Waals surface area (Å²) in [5.41, 5.74) is 2.37. The second kappa shape index (κ2) is 12.2. The fourth-order valence-electron chi connectivity index (χ4n) is 3.32. The van der Waals surface area contributed by atoms with Gasteiger partial charge in [-0.2, -0.15) is 0 Å². The van der Waals surface area contributed by atoms with Gasteiger partial charge in [0.1, 0.15) is 5.75 Å². The molecule has 0 aliphatic rings. The van der Waals surface area contributed by atoms with E-state index < -0.39 is 0 Å². The van der Waals surface area contributed by atoms with Gasteiger partial charge >= 0.3 is 0 Å². The molecule has 0 aliphatic carbocycles. The van der Waals surface area contributed by atoms with E-state index >= 15 is 0 Å². The number of ether oxygens (including phenoxy) is 1. The normalized spacial score (nSPS) is 11.2. The smallest absolute Gasteiger partial charge is 0.247 e. The molecule has 0 atom stereocenters. The van der Waals surface area contributed by atoms with E-state index in [0.29, 0.717) is 12.5 Å². The van der Waals surface area contributed by atoms with Crippen LogP contribution in [0.4, 0.5) is 0 Å². The van der Waals surface area contributed by atoms with Gasteiger partial charge in [-0.3, -0.25) is 0 Å². The van der Waals surface area contributed by atoms with Crippen molar-refractivity contribution in [2.75, 3.05) is 6.61 Å². The molecule has 4 nitrogen and oxygen atoms in total. The van der Waals surface area contributed by atoms with Crippen LogP contribution in [0.5, 0.6) is 5.75 Å². The van der Waals surface area contributed by atoms with Gasteiger partial charge in [-0.1, -0.05) is 63.4 Å². The van der Waals surface area contributed by atoms with Crippen molar-refractivity contribution >= 4 is 0 Å². The number of unbranched alkanes of at least 4 members (excludes halogenated alkanes) is 4. The Kier molecular flexibility index (Phi) is 8.95. The third kappa shape index (κ3) is 7.66. The van der Waals surface area contributed by atoms with E-state index in [1.165, 1.54) is 43.6 Å². The Balaban J connectivity index is 1.32. The Morgan fingerprint density at radius 1 is 0.800 bits per heavy atom. The van der Waals surface area contributed by atoms with Crippen molar-refractivity contribution in [1.29, 1.82) is 0 Å². The summed E-state index contributed by atoms with van der Waals surface area (Å²) < 4.78 is 11.6. The summed E-state index contributed by atoms with van der Waals surface area (Å²) in [6, 6.07) is 18.6. The molecule has 30 heavy (non-hydrogen) atoms. The molecule has 1 aromatic heterocycles. The maximum absolute atomic E-state index is 5.84. The van der Waals surface area contributed by atoms with Crippen LogP contribution in [-0.4, -0.2) is 16.8 Å². The van der Waals surface area contributed by atoms with E-state index in [-0.39, 0.29) is 0 Å². The average molecular weight is 406 g/mol. The highest BCUT2D eigenvalue weighted by Gasteiger charge is 2.09. The fraction of sp³-hybridized carbons (Fsp3) is 0.423. The molecule has 4 heteroatoms. The van der Waals surface area contributed by atoms with Crippen LogP contribution in [0.3, 0.4) is 0 Å². The zero-order chi connectivity index (χ0) is 21.0. The minimum Gasteiger partial charge on any atom is -0.494 e. The number of aryl methyl sites for hydroxylation is 2. The van der Waals surface area contributed by atoms with Gasteiger partial charge in [-0.05, 0) is 61.4 Å². The second-order valence-electron chi connectivity index (χ2n) is 8.08. The minimum atomic E-state index is 0.581. The second-order valence-corrected chi connectivity index (χ2v) is 8.08. The quantitative estimate of drug-likeness (QED) is 0.292. The molecule has 0 bridgehead atoms. The molecule has 0 N–H and O–H groups in total. The summed E-state index contributed by atoms with van der Waals surface area (Å²) >= 11 is 0. The molecule has 0 saturated heterocycles. The lowest BCUT2D eigenvalue weighted by Crippen LogP contribution is -1.99. The lowest BCUT2D eigenvalue weighted by atomic mass is 10.1. The monoisotopic (exact) mass is 405 g/mol. The Morgan fingerprint density at radius 3 is 2.23 bits per heavy atom. The first-order valence-corrected chi connectivity index (χ1v) is 11.1. The van der Waals surface area contributed by atoms with Crippen LogP contribution in [0.15, 0.2) is 59.0 Å². The third-order valence-corrected chi connectivity index (χ3v) is 5.14. The fourth-order valence-corrected chi connectivity index (χ4v) is 3.32. The summed E-state index contributed by atoms with van der Waals surface area (Å²) in [5, 5.41) is 8.41. The Bertz CT molecular complexity index is 841. The van der Waals surface area contributed by atoms with Crippen LogP contribution in [-0.2, 0) is 12.8 Å². The summed E-state index contributed by atoms with van der Waals surface area (Å²) in [6.07, 6.45) is 9.07. The predicted molar refractivity (Wildman–Crippen MR) is 121 cm³/mol. The van der Waals surface area contributed by atoms with Gasteiger partial charge in [0.15, 0.2) is 0 Å². The molecular weight excluding hydrogens is 372 g/mol. The molecule has 0 spiro atoms. The van der Waals surface area contributed by atoms with Crippen LogP contribution in [0.2, 0.25) is 0 Å². The van der Waals surface area contributed by atoms with E-state index in [9.17, 15) is 0 Å². The minimum absolute atomic E-state index is 0.581. The number of hydrogen-bond donors (Lipinski definition) is 0. The van der Waals surface area contributed by atoms with E-state index in [0.717, 1.165) is 36.5 Å². The third-order valence-electron chi connectivity index (χ3n) is 5.14. The van der Waals surface area contributed by atoms with E-state index in [2.05, 4.69) is 54.4 Å². The molecule has 0 aliphatic heterocycles. The molecule has 3 rings (SSSR count). The zero-order valence-corrected chi connectivity index (χ0v) is 18.3. The van der Waals surface area contributed by atoms with Crippen molar-refractivity contribution < 1.29 is 9.15 Å². The van der Waals surface area contributed by atoms with Gasteiger partial charge < -0.3 is 9.15 Å². The molecule has 1 heterocycles. The van der Waals surface area contributed by atoms with Gasteiger partial charge in [-0.25, -0.2) is 0 Å². The Hall–Kier alpha value is -2.62. The standard InChI is InChI=1S/C26H33N2O2/c1-21(2)19-20-29-24-17-15-23(16-18-24)26-28-27-25(30-26)14-10-5-3-4-7-11-22-12-8-6-9-13-22/h6,8-9,12-13,15-18H,3-5,7,10-11,14,19-20H2,1-2H3. The average Bonchev–Trinajstić information content (AvgIpc) is 3.23. The Labute approximate surface area is 180 Å². The summed E-state index contributed by atoms with van der Waals surface area (Å²) in [5.74, 6) is 3.55. The lowest BCUT2D eigenvalue weighted by molar-refractivity contribution is 0.315. The molecule has 1 radical (unpaired) electrons. The van der Waals surface area contributed by atoms with Gasteiger partial charge in [0.25, 0.3) is 0 Å². The summed E-state index contributed by atoms with van der Waals surface area (Å²) in [7, 11) is 0. The van der Waals surface area contributed by atoms with Crippen LogP contribution in [0, 0.1) is 5.92 Å². The molecule has 3 aromatic rings. The molecule has 0 amide bonds. The zero-order valence-electron chi connectivity index (χ0n) is 18.3. The van der Waals surface area contributed by atoms with Crippen molar-refractivity contribution in [2.24, 2.45) is 0 Å². The van der Waals surface area contributed by atoms with Crippen LogP contribution < -0.4 is 4.74 Å². The number of nitrogens with zero attached hydrogens (tertiary/aromatic N) is 2. The SMILES string of the molecule is C[C](C)CCOc1ccc(-c2nnc(CCCCCCCc3ccccc3)o2)cc1. The molecule has 0 unspecified atom stereocenters. The number of aromatic nitrogens is 2. The largest absolute Gasteiger partial charge is 0.494 e. The molecule has 159 valence electrons. The number of rotatable bonds is 13. The van der Waals surface area contributed by atoms with Gasteiger partial charge in [0, 0.05) is 12.0 Å². The lowest BCUT2D eigenvalue weighted by Gasteiger charge is -2.07. The van der Waals surface area contributed by atoms with Crippen molar-refractivity contribution in [3.63, 3.8) is 0 Å². The van der Waals surface area contributed by atoms with Crippen molar-refractivity contribution in [2.45, 2.75) is 65.2 Å². The first-order valence-electron chi connectivity index (χ1n) is 11.1. The number of benzene rings is 2. The first-order chi connectivity index (χ1) is 14.7. The summed E-state index contributed by atoms with van der Waals surface area (Å²) in [6.45, 7) is 4.94. The highest BCUT2D eigenvalue weighted by molar-refractivity contribution is 5.53. The summed E-state index contributed by atoms with van der Waals surface area (Å²) in [4.78, 5) is 0. The highest BCUT2D eigenvalue weighted by atomic mass is 16.5. The molecule has 0 fully saturated rings. The van der Waals surface area contributed by atoms with E-state index in [1.54, 1.807) is 0 Å². The van der Waals surface area contributed by atoms with Gasteiger partial charge in [-0.15, -0.1) is 10.2 Å².